The van der Waals surface area contributed by atoms with Crippen molar-refractivity contribution in [1.29, 1.82) is 0 Å². The van der Waals surface area contributed by atoms with Crippen molar-refractivity contribution in [3.63, 3.8) is 0 Å². The summed E-state index contributed by atoms with van der Waals surface area (Å²) >= 11 is 1.29. The Kier molecular flexibility index (Phi) is 6.18. The fourth-order valence-corrected chi connectivity index (χ4v) is 4.54. The molecule has 4 N–H and O–H groups in total. The average Bonchev–Trinajstić information content (AvgIpc) is 2.63. The largest absolute Gasteiger partial charge is 0.460 e. The third kappa shape index (κ3) is 4.03. The maximum Gasteiger partial charge on any atom is 0.390 e. The Balaban J connectivity index is 1.77. The van der Waals surface area contributed by atoms with Gasteiger partial charge < -0.3 is 25.0 Å². The molecule has 1 fully saturated rings. The van der Waals surface area contributed by atoms with Crippen molar-refractivity contribution in [2.45, 2.75) is 23.6 Å². The van der Waals surface area contributed by atoms with Crippen molar-refractivity contribution in [2.75, 3.05) is 51.3 Å². The van der Waals surface area contributed by atoms with Crippen molar-refractivity contribution in [2.24, 2.45) is 0 Å². The number of nitrogens with two attached hydrogens (primary N) is 1. The zero-order valence-corrected chi connectivity index (χ0v) is 16.1. The number of anilines is 1. The number of esters is 1. The van der Waals surface area contributed by atoms with E-state index >= 15 is 0 Å². The highest BCUT2D eigenvalue weighted by atomic mass is 32.2. The van der Waals surface area contributed by atoms with Crippen LogP contribution in [0.5, 0.6) is 0 Å². The predicted octanol–water partition coefficient (Wildman–Crippen LogP) is -1.22. The first-order valence-corrected chi connectivity index (χ1v) is 9.91. The van der Waals surface area contributed by atoms with Crippen molar-refractivity contribution in [3.8, 4) is 0 Å². The topological polar surface area (TPSA) is 85.7 Å². The second-order valence-electron chi connectivity index (χ2n) is 6.62. The number of hydrogen-bond acceptors (Lipinski definition) is 5. The van der Waals surface area contributed by atoms with Gasteiger partial charge in [-0.25, -0.2) is 4.79 Å². The lowest BCUT2D eigenvalue weighted by atomic mass is 10.2. The maximum absolute atomic E-state index is 12.9. The van der Waals surface area contributed by atoms with E-state index in [0.717, 1.165) is 49.0 Å². The number of morpholine rings is 1. The minimum atomic E-state index is -1.33. The molecule has 1 saturated heterocycles. The predicted molar refractivity (Wildman–Crippen MR) is 98.2 cm³/mol. The zero-order chi connectivity index (χ0) is 18.6. The molecule has 1 aromatic rings. The van der Waals surface area contributed by atoms with Crippen LogP contribution < -0.4 is 15.5 Å². The second-order valence-corrected chi connectivity index (χ2v) is 7.90. The van der Waals surface area contributed by atoms with Crippen molar-refractivity contribution < 1.29 is 29.3 Å². The van der Waals surface area contributed by atoms with E-state index < -0.39 is 10.8 Å². The number of rotatable bonds is 6. The summed E-state index contributed by atoms with van der Waals surface area (Å²) in [7, 11) is 0. The second kappa shape index (κ2) is 8.39. The molecule has 0 bridgehead atoms. The molecule has 2 aliphatic heterocycles. The molecule has 1 aromatic carbocycles. The molecular formula is C18H27N3O4S+2. The first-order chi connectivity index (χ1) is 12.5. The van der Waals surface area contributed by atoms with E-state index in [0.29, 0.717) is 6.54 Å². The fraction of sp³-hybridized carbons (Fsp3) is 0.556. The van der Waals surface area contributed by atoms with Crippen LogP contribution in [0.4, 0.5) is 5.69 Å². The monoisotopic (exact) mass is 381 g/mol. The van der Waals surface area contributed by atoms with Crippen molar-refractivity contribution >= 4 is 29.3 Å². The number of thioether (sulfide) groups is 1. The molecule has 0 unspecified atom stereocenters. The summed E-state index contributed by atoms with van der Waals surface area (Å²) < 4.78 is 10.6. The summed E-state index contributed by atoms with van der Waals surface area (Å²) in [6.45, 7) is 8.98. The summed E-state index contributed by atoms with van der Waals surface area (Å²) in [6.07, 6.45) is 0. The lowest BCUT2D eigenvalue weighted by Gasteiger charge is -2.32. The van der Waals surface area contributed by atoms with E-state index in [1.54, 1.807) is 6.92 Å². The number of ether oxygens (including phenoxy) is 2. The van der Waals surface area contributed by atoms with Crippen LogP contribution in [-0.4, -0.2) is 62.7 Å². The van der Waals surface area contributed by atoms with Gasteiger partial charge in [-0.3, -0.25) is 4.79 Å². The van der Waals surface area contributed by atoms with Gasteiger partial charge in [0.15, 0.2) is 0 Å². The Morgan fingerprint density at radius 1 is 1.42 bits per heavy atom. The Bertz CT molecular complexity index is 678. The highest BCUT2D eigenvalue weighted by Crippen LogP contribution is 2.40. The van der Waals surface area contributed by atoms with E-state index in [1.165, 1.54) is 16.7 Å². The Morgan fingerprint density at radius 2 is 2.19 bits per heavy atom. The number of carbonyl (C=O) groups is 2. The van der Waals surface area contributed by atoms with Gasteiger partial charge in [0.25, 0.3) is 0 Å². The molecule has 3 rings (SSSR count). The SMILES string of the molecule is CCOC(=O)[C@@]1([NH2+]CC[NH+]2CCOCC2)Sc2cc(C)ccc2NC1=O. The van der Waals surface area contributed by atoms with Gasteiger partial charge in [-0.05, 0) is 43.3 Å². The molecule has 0 aromatic heterocycles. The zero-order valence-electron chi connectivity index (χ0n) is 15.3. The minimum absolute atomic E-state index is 0.248. The van der Waals surface area contributed by atoms with Gasteiger partial charge in [0, 0.05) is 4.90 Å². The molecule has 7 nitrogen and oxygen atoms in total. The van der Waals surface area contributed by atoms with E-state index in [4.69, 9.17) is 9.47 Å². The molecule has 142 valence electrons. The van der Waals surface area contributed by atoms with E-state index in [-0.39, 0.29) is 12.5 Å². The number of aryl methyl sites for hydroxylation is 1. The van der Waals surface area contributed by atoms with Crippen LogP contribution in [0.3, 0.4) is 0 Å². The average molecular weight is 381 g/mol. The van der Waals surface area contributed by atoms with Crippen LogP contribution in [0.25, 0.3) is 0 Å². The minimum Gasteiger partial charge on any atom is -0.460 e. The molecule has 1 amide bonds. The van der Waals surface area contributed by atoms with Gasteiger partial charge in [0.1, 0.15) is 26.2 Å². The number of quaternary nitrogens is 2. The number of amides is 1. The highest BCUT2D eigenvalue weighted by Gasteiger charge is 2.55. The first-order valence-electron chi connectivity index (χ1n) is 9.09. The van der Waals surface area contributed by atoms with Gasteiger partial charge in [0.05, 0.1) is 25.5 Å². The van der Waals surface area contributed by atoms with Crippen LogP contribution in [0.15, 0.2) is 23.1 Å². The molecular weight excluding hydrogens is 354 g/mol. The molecule has 8 heteroatoms. The highest BCUT2D eigenvalue weighted by molar-refractivity contribution is 8.02. The van der Waals surface area contributed by atoms with Crippen LogP contribution in [-0.2, 0) is 19.1 Å². The van der Waals surface area contributed by atoms with Gasteiger partial charge >= 0.3 is 16.7 Å². The normalized spacial score (nSPS) is 23.2. The van der Waals surface area contributed by atoms with Crippen LogP contribution in [0.1, 0.15) is 12.5 Å². The van der Waals surface area contributed by atoms with E-state index in [1.807, 2.05) is 30.4 Å². The van der Waals surface area contributed by atoms with Crippen LogP contribution in [0, 0.1) is 6.92 Å². The molecule has 1 atom stereocenters. The summed E-state index contributed by atoms with van der Waals surface area (Å²) in [6, 6.07) is 5.82. The maximum atomic E-state index is 12.9. The summed E-state index contributed by atoms with van der Waals surface area (Å²) in [5.74, 6) is -0.819. The fourth-order valence-electron chi connectivity index (χ4n) is 3.23. The standard InChI is InChI=1S/C18H25N3O4S/c1-3-25-17(23)18(19-6-7-21-8-10-24-11-9-21)16(22)20-14-5-4-13(2)12-15(14)26-18/h4-5,12,19H,3,6-11H2,1-2H3,(H,20,22)/p+2/t18-/m0/s1. The first kappa shape index (κ1) is 19.2. The lowest BCUT2D eigenvalue weighted by Crippen LogP contribution is -3.17. The number of nitrogens with one attached hydrogen (secondary N) is 2. The Hall–Kier alpha value is -1.61. The van der Waals surface area contributed by atoms with Crippen LogP contribution >= 0.6 is 11.8 Å². The number of fused-ring (bicyclic) bond motifs is 1. The summed E-state index contributed by atoms with van der Waals surface area (Å²) in [5, 5.41) is 4.72. The Morgan fingerprint density at radius 3 is 2.92 bits per heavy atom. The molecule has 2 heterocycles. The quantitative estimate of drug-likeness (QED) is 0.425. The number of carbonyl (C=O) groups excluding carboxylic acids is 2. The van der Waals surface area contributed by atoms with Crippen LogP contribution in [0.2, 0.25) is 0 Å². The smallest absolute Gasteiger partial charge is 0.390 e. The molecule has 0 aliphatic carbocycles. The molecule has 0 radical (unpaired) electrons. The van der Waals surface area contributed by atoms with Gasteiger partial charge in [-0.2, -0.15) is 0 Å². The van der Waals surface area contributed by atoms with E-state index in [2.05, 4.69) is 5.32 Å². The third-order valence-corrected chi connectivity index (χ3v) is 6.10. The molecule has 2 aliphatic rings. The Labute approximate surface area is 157 Å². The summed E-state index contributed by atoms with van der Waals surface area (Å²) in [5.41, 5.74) is 1.83. The van der Waals surface area contributed by atoms with Crippen molar-refractivity contribution in [3.05, 3.63) is 23.8 Å². The van der Waals surface area contributed by atoms with Crippen molar-refractivity contribution in [1.82, 2.24) is 0 Å². The summed E-state index contributed by atoms with van der Waals surface area (Å²) in [4.78, 5) is 26.6. The number of benzene rings is 1. The number of hydrogen-bond donors (Lipinski definition) is 3. The van der Waals surface area contributed by atoms with Gasteiger partial charge in [-0.1, -0.05) is 6.07 Å². The van der Waals surface area contributed by atoms with Gasteiger partial charge in [-0.15, -0.1) is 0 Å². The lowest BCUT2D eigenvalue weighted by molar-refractivity contribution is -0.920. The van der Waals surface area contributed by atoms with E-state index in [9.17, 15) is 9.59 Å². The molecule has 26 heavy (non-hydrogen) atoms. The van der Waals surface area contributed by atoms with Gasteiger partial charge in [0.2, 0.25) is 0 Å². The third-order valence-electron chi connectivity index (χ3n) is 4.70. The molecule has 0 saturated carbocycles. The molecule has 0 spiro atoms.